The Labute approximate surface area is 210 Å². The first-order valence-electron chi connectivity index (χ1n) is 12.5. The Kier molecular flexibility index (Phi) is 6.29. The highest BCUT2D eigenvalue weighted by molar-refractivity contribution is 5.97. The fourth-order valence-electron chi connectivity index (χ4n) is 4.95. The molecule has 7 nitrogen and oxygen atoms in total. The minimum absolute atomic E-state index is 0.0591. The number of fused-ring (bicyclic) bond motifs is 1. The molecule has 0 bridgehead atoms. The molecule has 182 valence electrons. The van der Waals surface area contributed by atoms with Crippen molar-refractivity contribution in [1.82, 2.24) is 9.97 Å². The number of benzene rings is 2. The van der Waals surface area contributed by atoms with Gasteiger partial charge in [-0.05, 0) is 42.0 Å². The van der Waals surface area contributed by atoms with Crippen LogP contribution in [0.15, 0.2) is 60.7 Å². The Morgan fingerprint density at radius 2 is 1.72 bits per heavy atom. The number of pyridine rings is 1. The molecule has 7 heteroatoms. The van der Waals surface area contributed by atoms with Gasteiger partial charge in [-0.1, -0.05) is 24.3 Å². The van der Waals surface area contributed by atoms with E-state index in [1.165, 1.54) is 5.69 Å². The van der Waals surface area contributed by atoms with Crippen molar-refractivity contribution in [2.45, 2.75) is 18.9 Å². The van der Waals surface area contributed by atoms with Crippen LogP contribution in [-0.2, 0) is 9.47 Å². The Bertz CT molecular complexity index is 1390. The van der Waals surface area contributed by atoms with Crippen LogP contribution in [0.1, 0.15) is 18.5 Å². The number of aromatic amines is 1. The van der Waals surface area contributed by atoms with Gasteiger partial charge in [0.1, 0.15) is 12.2 Å². The highest BCUT2D eigenvalue weighted by atomic mass is 16.5. The van der Waals surface area contributed by atoms with E-state index < -0.39 is 0 Å². The van der Waals surface area contributed by atoms with Crippen LogP contribution in [0, 0.1) is 11.3 Å². The number of anilines is 1. The molecular weight excluding hydrogens is 452 g/mol. The molecule has 0 amide bonds. The van der Waals surface area contributed by atoms with Crippen LogP contribution in [0.2, 0.25) is 0 Å². The number of hydrogen-bond acceptors (Lipinski definition) is 6. The first-order chi connectivity index (χ1) is 17.8. The van der Waals surface area contributed by atoms with E-state index in [4.69, 9.17) is 14.2 Å². The van der Waals surface area contributed by atoms with Crippen molar-refractivity contribution < 1.29 is 14.2 Å². The van der Waals surface area contributed by atoms with Gasteiger partial charge in [0.05, 0.1) is 32.1 Å². The lowest BCUT2D eigenvalue weighted by Gasteiger charge is -2.28. The molecule has 2 aromatic heterocycles. The zero-order valence-corrected chi connectivity index (χ0v) is 20.1. The number of aromatic nitrogens is 2. The van der Waals surface area contributed by atoms with Crippen LogP contribution in [0.4, 0.5) is 5.69 Å². The Hall–Kier alpha value is -3.86. The summed E-state index contributed by atoms with van der Waals surface area (Å²) in [6.07, 6.45) is 1.71. The minimum atomic E-state index is 0.0591. The fraction of sp³-hybridized carbons (Fsp3) is 0.310. The molecule has 0 atom stereocenters. The predicted molar refractivity (Wildman–Crippen MR) is 139 cm³/mol. The molecule has 2 aliphatic rings. The van der Waals surface area contributed by atoms with Gasteiger partial charge in [-0.15, -0.1) is 0 Å². The predicted octanol–water partition coefficient (Wildman–Crippen LogP) is 5.16. The van der Waals surface area contributed by atoms with Gasteiger partial charge < -0.3 is 24.1 Å². The van der Waals surface area contributed by atoms with Crippen LogP contribution in [0.5, 0.6) is 5.75 Å². The number of morpholine rings is 1. The monoisotopic (exact) mass is 480 g/mol. The normalized spacial score (nSPS) is 16.7. The van der Waals surface area contributed by atoms with E-state index in [2.05, 4.69) is 57.3 Å². The summed E-state index contributed by atoms with van der Waals surface area (Å²) >= 11 is 0. The molecule has 4 aromatic rings. The zero-order chi connectivity index (χ0) is 24.3. The highest BCUT2D eigenvalue weighted by Gasteiger charge is 2.19. The van der Waals surface area contributed by atoms with Crippen molar-refractivity contribution in [1.29, 1.82) is 5.26 Å². The molecule has 36 heavy (non-hydrogen) atoms. The average molecular weight is 481 g/mol. The van der Waals surface area contributed by atoms with Gasteiger partial charge in [0, 0.05) is 53.8 Å². The van der Waals surface area contributed by atoms with Crippen molar-refractivity contribution in [3.8, 4) is 34.3 Å². The SMILES string of the molecule is N#Cc1nc(-c2cccc3[nH]c(-c4ccc(N5CCOCC5)cc4)cc23)ccc1OC1CCOCC1. The van der Waals surface area contributed by atoms with Gasteiger partial charge in [0.25, 0.3) is 0 Å². The van der Waals surface area contributed by atoms with Gasteiger partial charge in [0.2, 0.25) is 0 Å². The standard InChI is InChI=1S/C29H28N4O3/c30-19-28-29(36-22-10-14-34-15-11-22)9-8-26(32-28)23-2-1-3-25-24(23)18-27(31-25)20-4-6-21(7-5-20)33-12-16-35-17-13-33/h1-9,18,22,31H,10-17H2. The van der Waals surface area contributed by atoms with Crippen molar-refractivity contribution in [3.05, 3.63) is 66.4 Å². The number of rotatable bonds is 5. The van der Waals surface area contributed by atoms with E-state index in [9.17, 15) is 5.26 Å². The third kappa shape index (κ3) is 4.53. The van der Waals surface area contributed by atoms with Crippen molar-refractivity contribution >= 4 is 16.6 Å². The summed E-state index contributed by atoms with van der Waals surface area (Å²) in [5.74, 6) is 0.537. The molecule has 0 spiro atoms. The lowest BCUT2D eigenvalue weighted by molar-refractivity contribution is 0.0253. The third-order valence-electron chi connectivity index (χ3n) is 6.92. The van der Waals surface area contributed by atoms with Gasteiger partial charge >= 0.3 is 0 Å². The summed E-state index contributed by atoms with van der Waals surface area (Å²) in [6.45, 7) is 4.77. The van der Waals surface area contributed by atoms with Crippen molar-refractivity contribution in [2.24, 2.45) is 0 Å². The van der Waals surface area contributed by atoms with E-state index >= 15 is 0 Å². The van der Waals surface area contributed by atoms with Gasteiger partial charge in [0.15, 0.2) is 11.4 Å². The maximum absolute atomic E-state index is 9.77. The quantitative estimate of drug-likeness (QED) is 0.425. The van der Waals surface area contributed by atoms with Crippen LogP contribution < -0.4 is 9.64 Å². The second-order valence-electron chi connectivity index (χ2n) is 9.18. The zero-order valence-electron chi connectivity index (χ0n) is 20.1. The van der Waals surface area contributed by atoms with Crippen LogP contribution in [0.25, 0.3) is 33.4 Å². The van der Waals surface area contributed by atoms with E-state index in [1.807, 2.05) is 24.3 Å². The minimum Gasteiger partial charge on any atom is -0.487 e. The van der Waals surface area contributed by atoms with Crippen LogP contribution >= 0.6 is 0 Å². The summed E-state index contributed by atoms with van der Waals surface area (Å²) in [5.41, 5.74) is 6.47. The maximum atomic E-state index is 9.77. The fourth-order valence-corrected chi connectivity index (χ4v) is 4.95. The third-order valence-corrected chi connectivity index (χ3v) is 6.92. The number of H-pyrrole nitrogens is 1. The molecule has 2 aliphatic heterocycles. The smallest absolute Gasteiger partial charge is 0.183 e. The highest BCUT2D eigenvalue weighted by Crippen LogP contribution is 2.34. The summed E-state index contributed by atoms with van der Waals surface area (Å²) in [4.78, 5) is 10.6. The topological polar surface area (TPSA) is 83.4 Å². The molecule has 0 saturated carbocycles. The lowest BCUT2D eigenvalue weighted by atomic mass is 10.0. The largest absolute Gasteiger partial charge is 0.487 e. The molecule has 2 fully saturated rings. The first-order valence-corrected chi connectivity index (χ1v) is 12.5. The Morgan fingerprint density at radius 1 is 0.944 bits per heavy atom. The molecule has 1 N–H and O–H groups in total. The molecule has 0 aliphatic carbocycles. The number of ether oxygens (including phenoxy) is 3. The van der Waals surface area contributed by atoms with E-state index in [0.29, 0.717) is 24.7 Å². The number of hydrogen-bond donors (Lipinski definition) is 1. The number of nitrogens with one attached hydrogen (secondary N) is 1. The molecule has 2 saturated heterocycles. The van der Waals surface area contributed by atoms with E-state index in [0.717, 1.165) is 72.6 Å². The molecular formula is C29H28N4O3. The molecule has 4 heterocycles. The molecule has 0 unspecified atom stereocenters. The summed E-state index contributed by atoms with van der Waals surface area (Å²) < 4.78 is 17.0. The van der Waals surface area contributed by atoms with Crippen LogP contribution in [-0.4, -0.2) is 55.6 Å². The van der Waals surface area contributed by atoms with Crippen molar-refractivity contribution in [2.75, 3.05) is 44.4 Å². The van der Waals surface area contributed by atoms with Crippen molar-refractivity contribution in [3.63, 3.8) is 0 Å². The van der Waals surface area contributed by atoms with Gasteiger partial charge in [-0.25, -0.2) is 4.98 Å². The van der Waals surface area contributed by atoms with Crippen LogP contribution in [0.3, 0.4) is 0 Å². The average Bonchev–Trinajstić information content (AvgIpc) is 3.39. The Morgan fingerprint density at radius 3 is 2.50 bits per heavy atom. The summed E-state index contributed by atoms with van der Waals surface area (Å²) in [5, 5.41) is 10.8. The van der Waals surface area contributed by atoms with E-state index in [1.54, 1.807) is 0 Å². The summed E-state index contributed by atoms with van der Waals surface area (Å²) in [7, 11) is 0. The summed E-state index contributed by atoms with van der Waals surface area (Å²) in [6, 6.07) is 23.0. The Balaban J connectivity index is 1.29. The lowest BCUT2D eigenvalue weighted by Crippen LogP contribution is -2.36. The number of nitrogens with zero attached hydrogens (tertiary/aromatic N) is 3. The molecule has 2 aromatic carbocycles. The maximum Gasteiger partial charge on any atom is 0.183 e. The second-order valence-corrected chi connectivity index (χ2v) is 9.18. The van der Waals surface area contributed by atoms with Gasteiger partial charge in [-0.3, -0.25) is 0 Å². The molecule has 0 radical (unpaired) electrons. The number of nitriles is 1. The van der Waals surface area contributed by atoms with Gasteiger partial charge in [-0.2, -0.15) is 5.26 Å². The second kappa shape index (κ2) is 10.0. The van der Waals surface area contributed by atoms with E-state index in [-0.39, 0.29) is 6.10 Å². The first kappa shape index (κ1) is 22.6. The molecule has 6 rings (SSSR count).